The van der Waals surface area contributed by atoms with Gasteiger partial charge in [-0.15, -0.1) is 0 Å². The lowest BCUT2D eigenvalue weighted by atomic mass is 9.99. The highest BCUT2D eigenvalue weighted by Gasteiger charge is 2.44. The summed E-state index contributed by atoms with van der Waals surface area (Å²) in [5.74, 6) is -0.176. The van der Waals surface area contributed by atoms with E-state index in [2.05, 4.69) is 19.2 Å². The molecule has 1 aliphatic rings. The molecule has 53 heavy (non-hydrogen) atoms. The smallest absolute Gasteiger partial charge is 0.220 e. The van der Waals surface area contributed by atoms with Gasteiger partial charge in [-0.3, -0.25) is 4.79 Å². The van der Waals surface area contributed by atoms with Gasteiger partial charge in [0.05, 0.1) is 25.4 Å². The third-order valence-corrected chi connectivity index (χ3v) is 10.9. The minimum atomic E-state index is -1.56. The summed E-state index contributed by atoms with van der Waals surface area (Å²) in [7, 11) is 0. The van der Waals surface area contributed by atoms with Gasteiger partial charge in [-0.25, -0.2) is 0 Å². The number of nitrogens with one attached hydrogen (secondary N) is 1. The van der Waals surface area contributed by atoms with Gasteiger partial charge in [0.2, 0.25) is 5.91 Å². The first kappa shape index (κ1) is 49.9. The molecule has 1 fully saturated rings. The van der Waals surface area contributed by atoms with Gasteiger partial charge in [0, 0.05) is 6.42 Å². The Bertz CT molecular complexity index is 842. The van der Waals surface area contributed by atoms with Crippen molar-refractivity contribution in [3.8, 4) is 0 Å². The summed E-state index contributed by atoms with van der Waals surface area (Å²) >= 11 is 0. The molecule has 1 rings (SSSR count). The van der Waals surface area contributed by atoms with Crippen molar-refractivity contribution in [1.82, 2.24) is 5.32 Å². The molecule has 0 spiro atoms. The first-order valence-corrected chi connectivity index (χ1v) is 22.4. The van der Waals surface area contributed by atoms with Crippen molar-refractivity contribution in [1.29, 1.82) is 0 Å². The normalized spacial score (nSPS) is 21.7. The fourth-order valence-corrected chi connectivity index (χ4v) is 7.21. The number of carbonyl (C=O) groups excluding carboxylic acids is 1. The zero-order valence-electron chi connectivity index (χ0n) is 34.3. The lowest BCUT2D eigenvalue weighted by molar-refractivity contribution is -0.302. The Morgan fingerprint density at radius 2 is 1.04 bits per heavy atom. The average molecular weight is 756 g/mol. The maximum atomic E-state index is 12.9. The number of amides is 1. The fourth-order valence-electron chi connectivity index (χ4n) is 7.21. The number of carbonyl (C=O) groups is 1. The SMILES string of the molecule is CCCCCCCCCC/C=C/[C@@H](O)[C@H](CO[C@@H]1O[C@H](CO)[C@H](O)C(O)C1O)NC(=O)CCCCCCCCCCCCCCCCCCCCCC. The molecule has 0 radical (unpaired) electrons. The first-order valence-electron chi connectivity index (χ1n) is 22.4. The Balaban J connectivity index is 2.29. The average Bonchev–Trinajstić information content (AvgIpc) is 3.16. The molecule has 2 unspecified atom stereocenters. The lowest BCUT2D eigenvalue weighted by Gasteiger charge is -2.40. The summed E-state index contributed by atoms with van der Waals surface area (Å²) in [5.41, 5.74) is 0. The van der Waals surface area contributed by atoms with Crippen LogP contribution in [0.25, 0.3) is 0 Å². The molecule has 1 aliphatic heterocycles. The quantitative estimate of drug-likeness (QED) is 0.0272. The highest BCUT2D eigenvalue weighted by molar-refractivity contribution is 5.76. The molecule has 0 saturated carbocycles. The Morgan fingerprint density at radius 1 is 0.623 bits per heavy atom. The highest BCUT2D eigenvalue weighted by Crippen LogP contribution is 2.23. The van der Waals surface area contributed by atoms with Crippen LogP contribution in [0.3, 0.4) is 0 Å². The van der Waals surface area contributed by atoms with Crippen LogP contribution in [-0.2, 0) is 14.3 Å². The highest BCUT2D eigenvalue weighted by atomic mass is 16.7. The molecular formula is C44H85NO8. The maximum Gasteiger partial charge on any atom is 0.220 e. The Labute approximate surface area is 325 Å². The van der Waals surface area contributed by atoms with Crippen molar-refractivity contribution in [2.24, 2.45) is 0 Å². The third kappa shape index (κ3) is 26.4. The molecule has 9 heteroatoms. The summed E-state index contributed by atoms with van der Waals surface area (Å²) in [6.07, 6.45) is 32.6. The molecule has 0 aromatic heterocycles. The van der Waals surface area contributed by atoms with Crippen LogP contribution in [-0.4, -0.2) is 87.5 Å². The van der Waals surface area contributed by atoms with Crippen LogP contribution in [0.1, 0.15) is 206 Å². The van der Waals surface area contributed by atoms with E-state index in [0.717, 1.165) is 38.5 Å². The van der Waals surface area contributed by atoms with Crippen LogP contribution >= 0.6 is 0 Å². The summed E-state index contributed by atoms with van der Waals surface area (Å²) < 4.78 is 11.2. The molecule has 314 valence electrons. The zero-order valence-corrected chi connectivity index (χ0v) is 34.3. The predicted octanol–water partition coefficient (Wildman–Crippen LogP) is 8.95. The van der Waals surface area contributed by atoms with Gasteiger partial charge in [0.25, 0.3) is 0 Å². The van der Waals surface area contributed by atoms with E-state index in [0.29, 0.717) is 6.42 Å². The number of rotatable bonds is 37. The minimum absolute atomic E-state index is 0.176. The first-order chi connectivity index (χ1) is 25.8. The number of aliphatic hydroxyl groups is 5. The monoisotopic (exact) mass is 756 g/mol. The number of ether oxygens (including phenoxy) is 2. The molecule has 0 aromatic rings. The summed E-state index contributed by atoms with van der Waals surface area (Å²) in [4.78, 5) is 12.9. The maximum absolute atomic E-state index is 12.9. The molecule has 1 amide bonds. The van der Waals surface area contributed by atoms with Crippen molar-refractivity contribution < 1.29 is 39.8 Å². The van der Waals surface area contributed by atoms with Gasteiger partial charge in [-0.1, -0.05) is 193 Å². The van der Waals surface area contributed by atoms with E-state index >= 15 is 0 Å². The molecule has 7 atom stereocenters. The van der Waals surface area contributed by atoms with E-state index in [9.17, 15) is 30.3 Å². The molecule has 0 aliphatic carbocycles. The van der Waals surface area contributed by atoms with Crippen molar-refractivity contribution in [3.05, 3.63) is 12.2 Å². The van der Waals surface area contributed by atoms with Crippen LogP contribution in [0, 0.1) is 0 Å². The number of hydrogen-bond donors (Lipinski definition) is 6. The molecule has 0 aromatic carbocycles. The molecule has 1 heterocycles. The lowest BCUT2D eigenvalue weighted by Crippen LogP contribution is -2.60. The Kier molecular flexibility index (Phi) is 33.3. The Morgan fingerprint density at radius 3 is 1.47 bits per heavy atom. The van der Waals surface area contributed by atoms with E-state index in [1.807, 2.05) is 6.08 Å². The largest absolute Gasteiger partial charge is 0.394 e. The van der Waals surface area contributed by atoms with Gasteiger partial charge in [-0.05, 0) is 19.3 Å². The summed E-state index contributed by atoms with van der Waals surface area (Å²) in [5, 5.41) is 54.0. The second kappa shape index (κ2) is 35.4. The number of allylic oxidation sites excluding steroid dienone is 1. The van der Waals surface area contributed by atoms with Crippen molar-refractivity contribution in [2.45, 2.75) is 249 Å². The Hall–Kier alpha value is -1.07. The minimum Gasteiger partial charge on any atom is -0.394 e. The number of unbranched alkanes of at least 4 members (excludes halogenated alkanes) is 27. The van der Waals surface area contributed by atoms with Crippen molar-refractivity contribution >= 4 is 5.91 Å². The standard InChI is InChI=1S/C44H85NO8/c1-3-5-7-9-11-13-15-16-17-18-19-20-21-22-23-24-26-28-30-32-34-40(48)45-37(36-52-44-43(51)42(50)41(49)39(35-46)53-44)38(47)33-31-29-27-25-14-12-10-8-6-4-2/h31,33,37-39,41-44,46-47,49-51H,3-30,32,34-36H2,1-2H3,(H,45,48)/b33-31+/t37-,38+,39+,41-,42?,43?,44+/m0/s1. The topological polar surface area (TPSA) is 149 Å². The second-order valence-corrected chi connectivity index (χ2v) is 15.9. The van der Waals surface area contributed by atoms with Crippen LogP contribution in [0.2, 0.25) is 0 Å². The zero-order chi connectivity index (χ0) is 38.8. The van der Waals surface area contributed by atoms with Crippen LogP contribution in [0.15, 0.2) is 12.2 Å². The number of hydrogen-bond acceptors (Lipinski definition) is 8. The number of aliphatic hydroxyl groups excluding tert-OH is 5. The molecule has 1 saturated heterocycles. The van der Waals surface area contributed by atoms with Gasteiger partial charge in [0.15, 0.2) is 6.29 Å². The summed E-state index contributed by atoms with van der Waals surface area (Å²) in [6.45, 7) is 3.76. The summed E-state index contributed by atoms with van der Waals surface area (Å²) in [6, 6.07) is -0.796. The second-order valence-electron chi connectivity index (χ2n) is 15.9. The van der Waals surface area contributed by atoms with E-state index in [-0.39, 0.29) is 12.5 Å². The van der Waals surface area contributed by atoms with Gasteiger partial charge < -0.3 is 40.3 Å². The van der Waals surface area contributed by atoms with Crippen LogP contribution in [0.5, 0.6) is 0 Å². The van der Waals surface area contributed by atoms with E-state index in [1.54, 1.807) is 6.08 Å². The third-order valence-electron chi connectivity index (χ3n) is 10.9. The van der Waals surface area contributed by atoms with Gasteiger partial charge in [0.1, 0.15) is 24.4 Å². The van der Waals surface area contributed by atoms with Gasteiger partial charge in [-0.2, -0.15) is 0 Å². The molecular weight excluding hydrogens is 670 g/mol. The fraction of sp³-hybridized carbons (Fsp3) is 0.932. The van der Waals surface area contributed by atoms with Crippen molar-refractivity contribution in [2.75, 3.05) is 13.2 Å². The molecule has 6 N–H and O–H groups in total. The van der Waals surface area contributed by atoms with Gasteiger partial charge >= 0.3 is 0 Å². The molecule has 0 bridgehead atoms. The van der Waals surface area contributed by atoms with E-state index < -0.39 is 49.5 Å². The van der Waals surface area contributed by atoms with Crippen LogP contribution < -0.4 is 5.32 Å². The van der Waals surface area contributed by atoms with Crippen molar-refractivity contribution in [3.63, 3.8) is 0 Å². The van der Waals surface area contributed by atoms with E-state index in [4.69, 9.17) is 9.47 Å². The predicted molar refractivity (Wildman–Crippen MR) is 217 cm³/mol. The van der Waals surface area contributed by atoms with Crippen LogP contribution in [0.4, 0.5) is 0 Å². The molecule has 9 nitrogen and oxygen atoms in total. The van der Waals surface area contributed by atoms with E-state index in [1.165, 1.54) is 148 Å².